The number of pyridine rings is 1. The number of benzene rings is 1. The fourth-order valence-electron chi connectivity index (χ4n) is 1.89. The second-order valence-electron chi connectivity index (χ2n) is 5.45. The van der Waals surface area contributed by atoms with Gasteiger partial charge >= 0.3 is 0 Å². The van der Waals surface area contributed by atoms with Gasteiger partial charge in [0.05, 0.1) is 0 Å². The van der Waals surface area contributed by atoms with Gasteiger partial charge in [0.15, 0.2) is 0 Å². The third-order valence-corrected chi connectivity index (χ3v) is 3.45. The molecule has 0 aliphatic carbocycles. The number of halogens is 1. The van der Waals surface area contributed by atoms with Crippen molar-refractivity contribution in [2.24, 2.45) is 5.92 Å². The number of nitrogens with zero attached hydrogens (tertiary/aromatic N) is 1. The van der Waals surface area contributed by atoms with Gasteiger partial charge in [0, 0.05) is 23.3 Å². The SMILES string of the molecule is CC(C)CNCc1ccc(OCc2cccc(Br)c2)nc1. The highest BCUT2D eigenvalue weighted by atomic mass is 79.9. The standard InChI is InChI=1S/C17H21BrN2O/c1-13(2)9-19-10-15-6-7-17(20-11-15)21-12-14-4-3-5-16(18)8-14/h3-8,11,13,19H,9-10,12H2,1-2H3. The van der Waals surface area contributed by atoms with Gasteiger partial charge < -0.3 is 10.1 Å². The normalized spacial score (nSPS) is 10.9. The average molecular weight is 349 g/mol. The summed E-state index contributed by atoms with van der Waals surface area (Å²) in [6.07, 6.45) is 1.86. The average Bonchev–Trinajstić information content (AvgIpc) is 2.46. The van der Waals surface area contributed by atoms with E-state index in [1.165, 1.54) is 5.56 Å². The smallest absolute Gasteiger partial charge is 0.213 e. The number of ether oxygens (including phenoxy) is 1. The van der Waals surface area contributed by atoms with E-state index in [0.29, 0.717) is 18.4 Å². The van der Waals surface area contributed by atoms with Crippen LogP contribution in [-0.2, 0) is 13.2 Å². The predicted octanol–water partition coefficient (Wildman–Crippen LogP) is 4.17. The van der Waals surface area contributed by atoms with Crippen LogP contribution in [0.1, 0.15) is 25.0 Å². The van der Waals surface area contributed by atoms with Crippen LogP contribution in [0.25, 0.3) is 0 Å². The number of aromatic nitrogens is 1. The maximum atomic E-state index is 5.69. The molecule has 0 aliphatic heterocycles. The minimum atomic E-state index is 0.525. The Balaban J connectivity index is 1.82. The molecule has 0 saturated carbocycles. The molecular weight excluding hydrogens is 328 g/mol. The molecule has 2 rings (SSSR count). The number of hydrogen-bond donors (Lipinski definition) is 1. The van der Waals surface area contributed by atoms with Crippen LogP contribution in [0.2, 0.25) is 0 Å². The Labute approximate surface area is 134 Å². The molecule has 0 saturated heterocycles. The first-order valence-corrected chi connectivity index (χ1v) is 7.95. The number of rotatable bonds is 7. The van der Waals surface area contributed by atoms with Crippen molar-refractivity contribution in [2.45, 2.75) is 27.0 Å². The molecule has 0 bridgehead atoms. The molecule has 0 aliphatic rings. The second kappa shape index (κ2) is 8.15. The molecule has 2 aromatic rings. The lowest BCUT2D eigenvalue weighted by molar-refractivity contribution is 0.293. The van der Waals surface area contributed by atoms with Gasteiger partial charge in [0.1, 0.15) is 6.61 Å². The molecule has 1 aromatic heterocycles. The van der Waals surface area contributed by atoms with Crippen molar-refractivity contribution in [3.05, 3.63) is 58.2 Å². The zero-order valence-corrected chi connectivity index (χ0v) is 14.1. The summed E-state index contributed by atoms with van der Waals surface area (Å²) in [4.78, 5) is 4.34. The Morgan fingerprint density at radius 1 is 1.19 bits per heavy atom. The molecule has 112 valence electrons. The summed E-state index contributed by atoms with van der Waals surface area (Å²) in [6, 6.07) is 12.1. The molecule has 21 heavy (non-hydrogen) atoms. The topological polar surface area (TPSA) is 34.1 Å². The highest BCUT2D eigenvalue weighted by Gasteiger charge is 2.00. The molecule has 3 nitrogen and oxygen atoms in total. The molecule has 4 heteroatoms. The molecule has 0 amide bonds. The lowest BCUT2D eigenvalue weighted by Crippen LogP contribution is -2.18. The van der Waals surface area contributed by atoms with E-state index in [0.717, 1.165) is 23.1 Å². The van der Waals surface area contributed by atoms with Crippen molar-refractivity contribution in [3.8, 4) is 5.88 Å². The van der Waals surface area contributed by atoms with E-state index in [9.17, 15) is 0 Å². The van der Waals surface area contributed by atoms with Crippen LogP contribution in [0, 0.1) is 5.92 Å². The molecule has 1 aromatic carbocycles. The molecule has 0 atom stereocenters. The van der Waals surface area contributed by atoms with Gasteiger partial charge in [0.25, 0.3) is 0 Å². The third kappa shape index (κ3) is 5.86. The molecule has 0 unspecified atom stereocenters. The second-order valence-corrected chi connectivity index (χ2v) is 6.36. The van der Waals surface area contributed by atoms with Crippen LogP contribution < -0.4 is 10.1 Å². The number of nitrogens with one attached hydrogen (secondary N) is 1. The largest absolute Gasteiger partial charge is 0.473 e. The molecule has 0 radical (unpaired) electrons. The van der Waals surface area contributed by atoms with Crippen molar-refractivity contribution in [1.29, 1.82) is 0 Å². The van der Waals surface area contributed by atoms with Crippen LogP contribution in [0.3, 0.4) is 0 Å². The van der Waals surface area contributed by atoms with E-state index >= 15 is 0 Å². The van der Waals surface area contributed by atoms with Crippen LogP contribution in [0.4, 0.5) is 0 Å². The highest BCUT2D eigenvalue weighted by Crippen LogP contribution is 2.14. The Morgan fingerprint density at radius 3 is 2.71 bits per heavy atom. The summed E-state index contributed by atoms with van der Waals surface area (Å²) in [5.41, 5.74) is 2.29. The minimum absolute atomic E-state index is 0.525. The van der Waals surface area contributed by atoms with Crippen molar-refractivity contribution >= 4 is 15.9 Å². The van der Waals surface area contributed by atoms with Crippen molar-refractivity contribution < 1.29 is 4.74 Å². The summed E-state index contributed by atoms with van der Waals surface area (Å²) in [6.45, 7) is 6.78. The summed E-state index contributed by atoms with van der Waals surface area (Å²) >= 11 is 3.45. The minimum Gasteiger partial charge on any atom is -0.473 e. The van der Waals surface area contributed by atoms with Crippen LogP contribution in [0.15, 0.2) is 47.1 Å². The van der Waals surface area contributed by atoms with E-state index in [2.05, 4.69) is 46.1 Å². The molecular formula is C17H21BrN2O. The zero-order chi connectivity index (χ0) is 15.1. The summed E-state index contributed by atoms with van der Waals surface area (Å²) < 4.78 is 6.75. The summed E-state index contributed by atoms with van der Waals surface area (Å²) in [5.74, 6) is 1.31. The lowest BCUT2D eigenvalue weighted by Gasteiger charge is -2.09. The Bertz CT molecular complexity index is 555. The van der Waals surface area contributed by atoms with Gasteiger partial charge in [-0.2, -0.15) is 0 Å². The first-order valence-electron chi connectivity index (χ1n) is 7.16. The van der Waals surface area contributed by atoms with E-state index in [1.807, 2.05) is 36.5 Å². The van der Waals surface area contributed by atoms with E-state index < -0.39 is 0 Å². The lowest BCUT2D eigenvalue weighted by atomic mass is 10.2. The fourth-order valence-corrected chi connectivity index (χ4v) is 2.34. The van der Waals surface area contributed by atoms with E-state index in [1.54, 1.807) is 0 Å². The van der Waals surface area contributed by atoms with Crippen LogP contribution in [-0.4, -0.2) is 11.5 Å². The first kappa shape index (κ1) is 16.0. The quantitative estimate of drug-likeness (QED) is 0.815. The summed E-state index contributed by atoms with van der Waals surface area (Å²) in [7, 11) is 0. The Hall–Kier alpha value is -1.39. The maximum Gasteiger partial charge on any atom is 0.213 e. The monoisotopic (exact) mass is 348 g/mol. The van der Waals surface area contributed by atoms with Crippen molar-refractivity contribution in [3.63, 3.8) is 0 Å². The van der Waals surface area contributed by atoms with Crippen molar-refractivity contribution in [2.75, 3.05) is 6.54 Å². The van der Waals surface area contributed by atoms with Gasteiger partial charge in [-0.25, -0.2) is 4.98 Å². The van der Waals surface area contributed by atoms with E-state index in [-0.39, 0.29) is 0 Å². The van der Waals surface area contributed by atoms with Crippen LogP contribution >= 0.6 is 15.9 Å². The third-order valence-electron chi connectivity index (χ3n) is 2.96. The van der Waals surface area contributed by atoms with Gasteiger partial charge in [-0.3, -0.25) is 0 Å². The number of hydrogen-bond acceptors (Lipinski definition) is 3. The molecule has 1 heterocycles. The Morgan fingerprint density at radius 2 is 2.05 bits per heavy atom. The van der Waals surface area contributed by atoms with Gasteiger partial charge in [-0.1, -0.05) is 48.0 Å². The van der Waals surface area contributed by atoms with Gasteiger partial charge in [-0.15, -0.1) is 0 Å². The predicted molar refractivity (Wildman–Crippen MR) is 89.3 cm³/mol. The van der Waals surface area contributed by atoms with Crippen molar-refractivity contribution in [1.82, 2.24) is 10.3 Å². The molecule has 0 fully saturated rings. The molecule has 1 N–H and O–H groups in total. The maximum absolute atomic E-state index is 5.69. The summed E-state index contributed by atoms with van der Waals surface area (Å²) in [5, 5.41) is 3.40. The van der Waals surface area contributed by atoms with Crippen LogP contribution in [0.5, 0.6) is 5.88 Å². The Kier molecular flexibility index (Phi) is 6.21. The van der Waals surface area contributed by atoms with Gasteiger partial charge in [-0.05, 0) is 35.7 Å². The zero-order valence-electron chi connectivity index (χ0n) is 12.5. The van der Waals surface area contributed by atoms with Gasteiger partial charge in [0.2, 0.25) is 5.88 Å². The van der Waals surface area contributed by atoms with E-state index in [4.69, 9.17) is 4.74 Å². The highest BCUT2D eigenvalue weighted by molar-refractivity contribution is 9.10. The molecule has 0 spiro atoms. The first-order chi connectivity index (χ1) is 10.1. The fraction of sp³-hybridized carbons (Fsp3) is 0.353.